The highest BCUT2D eigenvalue weighted by molar-refractivity contribution is 6.76. The van der Waals surface area contributed by atoms with E-state index in [4.69, 9.17) is 16.2 Å². The van der Waals surface area contributed by atoms with Gasteiger partial charge in [0.2, 0.25) is 5.95 Å². The van der Waals surface area contributed by atoms with Crippen molar-refractivity contribution in [2.24, 2.45) is 0 Å². The minimum atomic E-state index is -1.05. The lowest BCUT2D eigenvalue weighted by Crippen LogP contribution is -2.22. The van der Waals surface area contributed by atoms with Crippen LogP contribution in [-0.4, -0.2) is 29.2 Å². The molecule has 0 atom stereocenters. The van der Waals surface area contributed by atoms with E-state index in [-0.39, 0.29) is 5.95 Å². The first kappa shape index (κ1) is 13.8. The molecule has 104 valence electrons. The van der Waals surface area contributed by atoms with E-state index in [1.807, 2.05) is 16.8 Å². The average molecular weight is 279 g/mol. The number of fused-ring (bicyclic) bond motifs is 1. The van der Waals surface area contributed by atoms with Crippen LogP contribution in [0.3, 0.4) is 0 Å². The lowest BCUT2D eigenvalue weighted by Gasteiger charge is -2.15. The molecule has 2 rings (SSSR count). The Morgan fingerprint density at radius 1 is 1.26 bits per heavy atom. The Balaban J connectivity index is 2.05. The molecule has 0 spiro atoms. The predicted octanol–water partition coefficient (Wildman–Crippen LogP) is 1.91. The lowest BCUT2D eigenvalue weighted by atomic mass is 10.4. The van der Waals surface area contributed by atoms with Crippen molar-refractivity contribution < 1.29 is 4.74 Å². The summed E-state index contributed by atoms with van der Waals surface area (Å²) in [5.41, 5.74) is 12.1. The number of rotatable bonds is 5. The summed E-state index contributed by atoms with van der Waals surface area (Å²) < 4.78 is 7.59. The van der Waals surface area contributed by atoms with Crippen LogP contribution in [0, 0.1) is 0 Å². The molecule has 0 radical (unpaired) electrons. The normalized spacial score (nSPS) is 12.2. The van der Waals surface area contributed by atoms with E-state index in [1.54, 1.807) is 0 Å². The van der Waals surface area contributed by atoms with Crippen LogP contribution in [0.1, 0.15) is 0 Å². The Labute approximate surface area is 113 Å². The molecule has 6 nitrogen and oxygen atoms in total. The van der Waals surface area contributed by atoms with Gasteiger partial charge >= 0.3 is 0 Å². The molecule has 0 amide bonds. The summed E-state index contributed by atoms with van der Waals surface area (Å²) in [7, 11) is -1.05. The van der Waals surface area contributed by atoms with E-state index in [0.717, 1.165) is 23.7 Å². The minimum absolute atomic E-state index is 0.187. The second-order valence-corrected chi connectivity index (χ2v) is 11.5. The van der Waals surface area contributed by atoms with E-state index in [1.165, 1.54) is 0 Å². The molecule has 2 aromatic heterocycles. The first-order valence-corrected chi connectivity index (χ1v) is 10.0. The van der Waals surface area contributed by atoms with Gasteiger partial charge in [0, 0.05) is 20.9 Å². The molecular formula is C12H21N5OSi. The molecule has 0 fully saturated rings. The summed E-state index contributed by atoms with van der Waals surface area (Å²) in [5, 5.41) is 0.808. The fourth-order valence-corrected chi connectivity index (χ4v) is 2.51. The quantitative estimate of drug-likeness (QED) is 0.644. The first-order chi connectivity index (χ1) is 8.87. The maximum Gasteiger partial charge on any atom is 0.223 e. The van der Waals surface area contributed by atoms with Gasteiger partial charge in [0.15, 0.2) is 0 Å². The highest BCUT2D eigenvalue weighted by Gasteiger charge is 2.12. The SMILES string of the molecule is C[Si](C)(C)CCOCn1ccc2c(N)nc(N)nc21. The zero-order valence-corrected chi connectivity index (χ0v) is 12.7. The molecule has 0 aliphatic rings. The molecular weight excluding hydrogens is 258 g/mol. The number of nitrogens with zero attached hydrogens (tertiary/aromatic N) is 3. The molecule has 2 heterocycles. The lowest BCUT2D eigenvalue weighted by molar-refractivity contribution is 0.0899. The smallest absolute Gasteiger partial charge is 0.223 e. The van der Waals surface area contributed by atoms with Crippen molar-refractivity contribution in [1.82, 2.24) is 14.5 Å². The molecule has 2 aromatic rings. The van der Waals surface area contributed by atoms with Gasteiger partial charge in [-0.3, -0.25) is 0 Å². The third kappa shape index (κ3) is 3.45. The number of anilines is 2. The summed E-state index contributed by atoms with van der Waals surface area (Å²) in [6, 6.07) is 3.03. The Morgan fingerprint density at radius 3 is 2.68 bits per heavy atom. The molecule has 0 aromatic carbocycles. The van der Waals surface area contributed by atoms with E-state index < -0.39 is 8.07 Å². The number of hydrogen-bond donors (Lipinski definition) is 2. The van der Waals surface area contributed by atoms with Crippen LogP contribution < -0.4 is 11.5 Å². The second-order valence-electron chi connectivity index (χ2n) is 5.84. The van der Waals surface area contributed by atoms with Gasteiger partial charge in [-0.1, -0.05) is 19.6 Å². The molecule has 0 bridgehead atoms. The number of ether oxygens (including phenoxy) is 1. The van der Waals surface area contributed by atoms with E-state index >= 15 is 0 Å². The van der Waals surface area contributed by atoms with Crippen molar-refractivity contribution in [1.29, 1.82) is 0 Å². The Morgan fingerprint density at radius 2 is 2.00 bits per heavy atom. The van der Waals surface area contributed by atoms with Gasteiger partial charge in [0.05, 0.1) is 5.39 Å². The monoisotopic (exact) mass is 279 g/mol. The molecule has 0 unspecified atom stereocenters. The number of hydrogen-bond acceptors (Lipinski definition) is 5. The van der Waals surface area contributed by atoms with Crippen LogP contribution in [0.15, 0.2) is 12.3 Å². The largest absolute Gasteiger partial charge is 0.383 e. The van der Waals surface area contributed by atoms with E-state index in [0.29, 0.717) is 12.5 Å². The van der Waals surface area contributed by atoms with Crippen LogP contribution in [0.4, 0.5) is 11.8 Å². The van der Waals surface area contributed by atoms with E-state index in [2.05, 4.69) is 29.6 Å². The second kappa shape index (κ2) is 5.18. The van der Waals surface area contributed by atoms with Crippen molar-refractivity contribution in [3.05, 3.63) is 12.3 Å². The molecule has 4 N–H and O–H groups in total. The van der Waals surface area contributed by atoms with Crippen LogP contribution >= 0.6 is 0 Å². The maximum absolute atomic E-state index is 5.80. The third-order valence-electron chi connectivity index (χ3n) is 2.89. The topological polar surface area (TPSA) is 92.0 Å². The van der Waals surface area contributed by atoms with E-state index in [9.17, 15) is 0 Å². The first-order valence-electron chi connectivity index (χ1n) is 6.32. The van der Waals surface area contributed by atoms with Gasteiger partial charge < -0.3 is 20.8 Å². The van der Waals surface area contributed by atoms with Gasteiger partial charge in [-0.05, 0) is 12.1 Å². The number of nitrogens with two attached hydrogens (primary N) is 2. The summed E-state index contributed by atoms with van der Waals surface area (Å²) in [6.07, 6.45) is 1.89. The Hall–Kier alpha value is -1.60. The molecule has 19 heavy (non-hydrogen) atoms. The van der Waals surface area contributed by atoms with Crippen LogP contribution in [0.25, 0.3) is 11.0 Å². The summed E-state index contributed by atoms with van der Waals surface area (Å²) in [5.74, 6) is 0.593. The number of aromatic nitrogens is 3. The third-order valence-corrected chi connectivity index (χ3v) is 4.60. The van der Waals surface area contributed by atoms with Crippen LogP contribution in [-0.2, 0) is 11.5 Å². The Bertz CT molecular complexity index is 575. The fraction of sp³-hybridized carbons (Fsp3) is 0.500. The molecule has 0 saturated carbocycles. The van der Waals surface area contributed by atoms with Crippen molar-refractivity contribution in [2.45, 2.75) is 32.4 Å². The predicted molar refractivity (Wildman–Crippen MR) is 80.5 cm³/mol. The average Bonchev–Trinajstić information content (AvgIpc) is 2.66. The molecule has 0 aliphatic carbocycles. The standard InChI is InChI=1S/C12H21N5OSi/c1-19(2,3)7-6-18-8-17-5-4-9-10(13)15-12(14)16-11(9)17/h4-5H,6-8H2,1-3H3,(H4,13,14,15,16). The van der Waals surface area contributed by atoms with Gasteiger partial charge in [-0.2, -0.15) is 9.97 Å². The van der Waals surface area contributed by atoms with Crippen molar-refractivity contribution in [2.75, 3.05) is 18.1 Å². The minimum Gasteiger partial charge on any atom is -0.383 e. The molecule has 0 aliphatic heterocycles. The van der Waals surface area contributed by atoms with Gasteiger partial charge in [-0.25, -0.2) is 0 Å². The summed E-state index contributed by atoms with van der Waals surface area (Å²) >= 11 is 0. The maximum atomic E-state index is 5.80. The highest BCUT2D eigenvalue weighted by atomic mass is 28.3. The zero-order chi connectivity index (χ0) is 14.0. The van der Waals surface area contributed by atoms with Gasteiger partial charge in [0.1, 0.15) is 18.2 Å². The summed E-state index contributed by atoms with van der Waals surface area (Å²) in [6.45, 7) is 8.22. The number of nitrogen functional groups attached to an aromatic ring is 2. The fourth-order valence-electron chi connectivity index (χ4n) is 1.75. The zero-order valence-electron chi connectivity index (χ0n) is 11.7. The Kier molecular flexibility index (Phi) is 3.77. The van der Waals surface area contributed by atoms with Gasteiger partial charge in [-0.15, -0.1) is 0 Å². The van der Waals surface area contributed by atoms with Crippen molar-refractivity contribution >= 4 is 30.9 Å². The van der Waals surface area contributed by atoms with Crippen LogP contribution in [0.5, 0.6) is 0 Å². The molecule has 7 heteroatoms. The van der Waals surface area contributed by atoms with Crippen molar-refractivity contribution in [3.63, 3.8) is 0 Å². The molecule has 0 saturated heterocycles. The summed E-state index contributed by atoms with van der Waals surface area (Å²) in [4.78, 5) is 8.14. The van der Waals surface area contributed by atoms with Crippen LogP contribution in [0.2, 0.25) is 25.7 Å². The van der Waals surface area contributed by atoms with Crippen molar-refractivity contribution in [3.8, 4) is 0 Å². The van der Waals surface area contributed by atoms with Gasteiger partial charge in [0.25, 0.3) is 0 Å². The highest BCUT2D eigenvalue weighted by Crippen LogP contribution is 2.19.